The number of nitrogens with two attached hydrogens (primary N) is 1. The van der Waals surface area contributed by atoms with E-state index in [0.717, 1.165) is 38.3 Å². The van der Waals surface area contributed by atoms with Crippen LogP contribution < -0.4 is 11.1 Å². The fraction of sp³-hybridized carbons (Fsp3) is 0.522. The van der Waals surface area contributed by atoms with Crippen LogP contribution in [0.15, 0.2) is 30.5 Å². The molecular weight excluding hydrogens is 449 g/mol. The van der Waals surface area contributed by atoms with Crippen molar-refractivity contribution in [2.24, 2.45) is 0 Å². The van der Waals surface area contributed by atoms with Gasteiger partial charge in [0.25, 0.3) is 5.91 Å². The Labute approximate surface area is 197 Å². The van der Waals surface area contributed by atoms with E-state index in [1.54, 1.807) is 0 Å². The number of rotatable bonds is 7. The number of carbonyl (C=O) groups is 1. The summed E-state index contributed by atoms with van der Waals surface area (Å²) in [5.74, 6) is -1.17. The minimum Gasteiger partial charge on any atom is -0.382 e. The Kier molecular flexibility index (Phi) is 7.79. The maximum atomic E-state index is 12.8. The molecule has 1 amide bonds. The van der Waals surface area contributed by atoms with Crippen molar-refractivity contribution in [2.75, 3.05) is 38.5 Å². The smallest absolute Gasteiger partial charge is 0.382 e. The first-order chi connectivity index (χ1) is 15.9. The lowest BCUT2D eigenvalue weighted by molar-refractivity contribution is -0.249. The van der Waals surface area contributed by atoms with Crippen LogP contribution in [0.5, 0.6) is 0 Å². The molecule has 1 aromatic carbocycles. The number of anilines is 1. The molecule has 11 heteroatoms. The van der Waals surface area contributed by atoms with E-state index in [1.165, 1.54) is 6.20 Å². The number of hydrogen-bond donors (Lipinski definition) is 3. The number of nitrogen functional groups attached to an aromatic ring is 1. The van der Waals surface area contributed by atoms with Gasteiger partial charge in [-0.05, 0) is 26.3 Å². The third-order valence-corrected chi connectivity index (χ3v) is 6.01. The Balaban J connectivity index is 1.65. The van der Waals surface area contributed by atoms with E-state index in [1.807, 2.05) is 29.6 Å². The number of amides is 1. The molecule has 1 aliphatic heterocycles. The van der Waals surface area contributed by atoms with Gasteiger partial charge in [0.15, 0.2) is 17.1 Å². The van der Waals surface area contributed by atoms with E-state index in [0.29, 0.717) is 24.2 Å². The van der Waals surface area contributed by atoms with Crippen molar-refractivity contribution in [3.8, 4) is 11.3 Å². The number of carbonyl (C=O) groups excluding carboxylic acids is 1. The second kappa shape index (κ2) is 10.2. The summed E-state index contributed by atoms with van der Waals surface area (Å²) in [5, 5.41) is 11.5. The number of piperazine rings is 1. The molecule has 1 fully saturated rings. The van der Waals surface area contributed by atoms with Crippen molar-refractivity contribution in [1.82, 2.24) is 25.1 Å². The van der Waals surface area contributed by atoms with Crippen molar-refractivity contribution >= 4 is 11.7 Å². The molecule has 4 N–H and O–H groups in total. The van der Waals surface area contributed by atoms with Gasteiger partial charge in [-0.2, -0.15) is 13.2 Å². The third-order valence-electron chi connectivity index (χ3n) is 6.01. The van der Waals surface area contributed by atoms with Gasteiger partial charge in [0.1, 0.15) is 0 Å². The van der Waals surface area contributed by atoms with Crippen LogP contribution in [-0.2, 0) is 6.54 Å². The number of hydrogen-bond acceptors (Lipinski definition) is 7. The Bertz CT molecular complexity index is 987. The van der Waals surface area contributed by atoms with Gasteiger partial charge in [0.2, 0.25) is 0 Å². The molecule has 186 valence electrons. The number of aliphatic hydroxyl groups is 1. The standard InChI is InChI=1S/C23H31F3N6O2/c1-15(2)32-10-8-31(9-11-32)13-16-4-6-17(7-5-16)18-12-28-20(27)19(30-18)21(33)29-14-22(3,34)23(24,25)26/h4-7,12,15,34H,8-11,13-14H2,1-3H3,(H2,27,28)(H,29,33)/t22-/m1/s1. The van der Waals surface area contributed by atoms with E-state index in [9.17, 15) is 23.1 Å². The monoisotopic (exact) mass is 480 g/mol. The SMILES string of the molecule is CC(C)N1CCN(Cc2ccc(-c3cnc(N)c(C(=O)NC[C@@](C)(O)C(F)(F)F)n3)cc2)CC1. The van der Waals surface area contributed by atoms with Crippen molar-refractivity contribution in [2.45, 2.75) is 45.1 Å². The molecule has 1 aromatic heterocycles. The molecule has 8 nitrogen and oxygen atoms in total. The lowest BCUT2D eigenvalue weighted by atomic mass is 10.1. The molecule has 0 bridgehead atoms. The first kappa shape index (κ1) is 25.9. The van der Waals surface area contributed by atoms with Gasteiger partial charge in [0, 0.05) is 44.3 Å². The highest BCUT2D eigenvalue weighted by Gasteiger charge is 2.50. The van der Waals surface area contributed by atoms with Gasteiger partial charge in [-0.25, -0.2) is 9.97 Å². The van der Waals surface area contributed by atoms with Crippen LogP contribution in [0.1, 0.15) is 36.8 Å². The number of aromatic nitrogens is 2. The molecule has 0 unspecified atom stereocenters. The summed E-state index contributed by atoms with van der Waals surface area (Å²) >= 11 is 0. The number of halogens is 3. The topological polar surface area (TPSA) is 108 Å². The Hall–Kier alpha value is -2.76. The molecule has 3 rings (SSSR count). The van der Waals surface area contributed by atoms with E-state index in [2.05, 4.69) is 33.6 Å². The Morgan fingerprint density at radius 3 is 2.35 bits per heavy atom. The lowest BCUT2D eigenvalue weighted by Gasteiger charge is -2.36. The van der Waals surface area contributed by atoms with Crippen LogP contribution in [0.3, 0.4) is 0 Å². The molecule has 1 aliphatic rings. The average molecular weight is 481 g/mol. The van der Waals surface area contributed by atoms with Crippen LogP contribution in [0, 0.1) is 0 Å². The number of benzene rings is 1. The van der Waals surface area contributed by atoms with Gasteiger partial charge >= 0.3 is 6.18 Å². The van der Waals surface area contributed by atoms with Crippen LogP contribution in [0.4, 0.5) is 19.0 Å². The minimum absolute atomic E-state index is 0.218. The highest BCUT2D eigenvalue weighted by Crippen LogP contribution is 2.29. The first-order valence-electron chi connectivity index (χ1n) is 11.1. The zero-order valence-corrected chi connectivity index (χ0v) is 19.6. The molecule has 0 spiro atoms. The van der Waals surface area contributed by atoms with Gasteiger partial charge in [-0.15, -0.1) is 0 Å². The van der Waals surface area contributed by atoms with E-state index in [-0.39, 0.29) is 11.5 Å². The van der Waals surface area contributed by atoms with Crippen molar-refractivity contribution < 1.29 is 23.1 Å². The molecular formula is C23H31F3N6O2. The predicted octanol–water partition coefficient (Wildman–Crippen LogP) is 2.29. The van der Waals surface area contributed by atoms with Crippen LogP contribution in [0.2, 0.25) is 0 Å². The van der Waals surface area contributed by atoms with Crippen LogP contribution >= 0.6 is 0 Å². The molecule has 0 saturated carbocycles. The second-order valence-corrected chi connectivity index (χ2v) is 9.05. The Morgan fingerprint density at radius 2 is 1.79 bits per heavy atom. The number of nitrogens with one attached hydrogen (secondary N) is 1. The fourth-order valence-electron chi connectivity index (χ4n) is 3.62. The lowest BCUT2D eigenvalue weighted by Crippen LogP contribution is -2.51. The van der Waals surface area contributed by atoms with Gasteiger partial charge < -0.3 is 16.2 Å². The average Bonchev–Trinajstić information content (AvgIpc) is 2.78. The second-order valence-electron chi connectivity index (χ2n) is 9.05. The van der Waals surface area contributed by atoms with Gasteiger partial charge in [0.05, 0.1) is 18.4 Å². The van der Waals surface area contributed by atoms with Gasteiger partial charge in [-0.1, -0.05) is 24.3 Å². The molecule has 0 radical (unpaired) electrons. The fourth-order valence-corrected chi connectivity index (χ4v) is 3.62. The maximum Gasteiger partial charge on any atom is 0.418 e. The van der Waals surface area contributed by atoms with Crippen molar-refractivity contribution in [3.05, 3.63) is 41.7 Å². The molecule has 34 heavy (non-hydrogen) atoms. The summed E-state index contributed by atoms with van der Waals surface area (Å²) < 4.78 is 38.5. The van der Waals surface area contributed by atoms with E-state index < -0.39 is 24.2 Å². The summed E-state index contributed by atoms with van der Waals surface area (Å²) in [7, 11) is 0. The summed E-state index contributed by atoms with van der Waals surface area (Å²) in [5.41, 5.74) is 4.52. The summed E-state index contributed by atoms with van der Waals surface area (Å²) in [6.07, 6.45) is -3.50. The van der Waals surface area contributed by atoms with E-state index >= 15 is 0 Å². The zero-order chi connectivity index (χ0) is 25.1. The van der Waals surface area contributed by atoms with Crippen molar-refractivity contribution in [3.63, 3.8) is 0 Å². The molecule has 1 saturated heterocycles. The first-order valence-corrected chi connectivity index (χ1v) is 11.1. The largest absolute Gasteiger partial charge is 0.418 e. The normalized spacial score (nSPS) is 17.5. The summed E-state index contributed by atoms with van der Waals surface area (Å²) in [6, 6.07) is 8.21. The summed E-state index contributed by atoms with van der Waals surface area (Å²) in [4.78, 5) is 25.4. The molecule has 0 aliphatic carbocycles. The van der Waals surface area contributed by atoms with Crippen LogP contribution in [-0.4, -0.2) is 81.3 Å². The summed E-state index contributed by atoms with van der Waals surface area (Å²) in [6.45, 7) is 8.86. The number of nitrogens with zero attached hydrogens (tertiary/aromatic N) is 4. The highest BCUT2D eigenvalue weighted by atomic mass is 19.4. The number of alkyl halides is 3. The predicted molar refractivity (Wildman–Crippen MR) is 123 cm³/mol. The Morgan fingerprint density at radius 1 is 1.18 bits per heavy atom. The molecule has 1 atom stereocenters. The molecule has 2 aromatic rings. The maximum absolute atomic E-state index is 12.8. The quantitative estimate of drug-likeness (QED) is 0.558. The van der Waals surface area contributed by atoms with Crippen LogP contribution in [0.25, 0.3) is 11.3 Å². The zero-order valence-electron chi connectivity index (χ0n) is 19.6. The molecule has 2 heterocycles. The van der Waals surface area contributed by atoms with Gasteiger partial charge in [-0.3, -0.25) is 14.6 Å². The highest BCUT2D eigenvalue weighted by molar-refractivity contribution is 5.96. The van der Waals surface area contributed by atoms with E-state index in [4.69, 9.17) is 5.73 Å². The third kappa shape index (κ3) is 6.22. The van der Waals surface area contributed by atoms with Crippen molar-refractivity contribution in [1.29, 1.82) is 0 Å². The minimum atomic E-state index is -4.90.